The molecule has 10 heteroatoms. The molecule has 0 unspecified atom stereocenters. The largest absolute Gasteiger partial charge is 0.325 e. The van der Waals surface area contributed by atoms with Crippen molar-refractivity contribution in [1.82, 2.24) is 14.8 Å². The number of anilines is 1. The van der Waals surface area contributed by atoms with Crippen LogP contribution in [0.2, 0.25) is 0 Å². The van der Waals surface area contributed by atoms with Gasteiger partial charge in [-0.3, -0.25) is 4.79 Å². The minimum atomic E-state index is -3.78. The SMILES string of the molecule is Cn1cnnc1S[C@@H](C(=O)Nc1ccc(S(N)(=O)=O)cc1)c1ccccc1. The molecule has 0 aliphatic rings. The van der Waals surface area contributed by atoms with Crippen LogP contribution in [0.25, 0.3) is 0 Å². The van der Waals surface area contributed by atoms with Crippen LogP contribution >= 0.6 is 11.8 Å². The van der Waals surface area contributed by atoms with Crippen LogP contribution in [0.15, 0.2) is 71.0 Å². The maximum Gasteiger partial charge on any atom is 0.242 e. The second-order valence-electron chi connectivity index (χ2n) is 5.69. The van der Waals surface area contributed by atoms with E-state index in [1.807, 2.05) is 30.3 Å². The Labute approximate surface area is 160 Å². The Morgan fingerprint density at radius 1 is 1.15 bits per heavy atom. The lowest BCUT2D eigenvalue weighted by Crippen LogP contribution is -2.19. The number of nitrogens with two attached hydrogens (primary N) is 1. The maximum absolute atomic E-state index is 12.9. The zero-order valence-electron chi connectivity index (χ0n) is 14.3. The summed E-state index contributed by atoms with van der Waals surface area (Å²) in [4.78, 5) is 12.9. The van der Waals surface area contributed by atoms with Gasteiger partial charge in [0.25, 0.3) is 0 Å². The first-order chi connectivity index (χ1) is 12.8. The Balaban J connectivity index is 1.84. The first kappa shape index (κ1) is 19.1. The lowest BCUT2D eigenvalue weighted by Gasteiger charge is -2.16. The van der Waals surface area contributed by atoms with Gasteiger partial charge < -0.3 is 9.88 Å². The number of amides is 1. The second kappa shape index (κ2) is 7.91. The number of carbonyl (C=O) groups excluding carboxylic acids is 1. The summed E-state index contributed by atoms with van der Waals surface area (Å²) in [7, 11) is -1.98. The third-order valence-electron chi connectivity index (χ3n) is 3.68. The molecule has 27 heavy (non-hydrogen) atoms. The minimum Gasteiger partial charge on any atom is -0.325 e. The summed E-state index contributed by atoms with van der Waals surface area (Å²) in [5.41, 5.74) is 1.27. The Hall–Kier alpha value is -2.69. The smallest absolute Gasteiger partial charge is 0.242 e. The fraction of sp³-hybridized carbons (Fsp3) is 0.118. The Morgan fingerprint density at radius 2 is 1.81 bits per heavy atom. The van der Waals surface area contributed by atoms with Gasteiger partial charge in [0.15, 0.2) is 5.16 Å². The van der Waals surface area contributed by atoms with Crippen molar-refractivity contribution in [1.29, 1.82) is 0 Å². The minimum absolute atomic E-state index is 0.0198. The Bertz CT molecular complexity index is 1030. The summed E-state index contributed by atoms with van der Waals surface area (Å²) in [5, 5.41) is 15.8. The van der Waals surface area contributed by atoms with Gasteiger partial charge in [-0.15, -0.1) is 10.2 Å². The van der Waals surface area contributed by atoms with Gasteiger partial charge in [-0.2, -0.15) is 0 Å². The highest BCUT2D eigenvalue weighted by atomic mass is 32.2. The fourth-order valence-electron chi connectivity index (χ4n) is 2.32. The number of carbonyl (C=O) groups is 1. The van der Waals surface area contributed by atoms with E-state index >= 15 is 0 Å². The number of nitrogens with zero attached hydrogens (tertiary/aromatic N) is 3. The lowest BCUT2D eigenvalue weighted by molar-refractivity contribution is -0.115. The molecular weight excluding hydrogens is 386 g/mol. The molecule has 0 radical (unpaired) electrons. The number of nitrogens with one attached hydrogen (secondary N) is 1. The molecule has 0 bridgehead atoms. The van der Waals surface area contributed by atoms with Crippen LogP contribution in [0.3, 0.4) is 0 Å². The van der Waals surface area contributed by atoms with Crippen molar-refractivity contribution in [3.05, 3.63) is 66.5 Å². The number of primary sulfonamides is 1. The molecule has 0 aliphatic heterocycles. The predicted molar refractivity (Wildman–Crippen MR) is 102 cm³/mol. The average molecular weight is 403 g/mol. The molecule has 0 fully saturated rings. The summed E-state index contributed by atoms with van der Waals surface area (Å²) in [6.45, 7) is 0. The van der Waals surface area contributed by atoms with Gasteiger partial charge in [0.1, 0.15) is 11.6 Å². The topological polar surface area (TPSA) is 120 Å². The highest BCUT2D eigenvalue weighted by Gasteiger charge is 2.24. The first-order valence-corrected chi connectivity index (χ1v) is 10.3. The standard InChI is InChI=1S/C17H17N5O3S2/c1-22-11-19-21-17(22)26-15(12-5-3-2-4-6-12)16(23)20-13-7-9-14(10-8-13)27(18,24)25/h2-11,15H,1H3,(H,20,23)(H2,18,24,25)/t15-/m1/s1. The van der Waals surface area contributed by atoms with Crippen molar-refractivity contribution < 1.29 is 13.2 Å². The monoisotopic (exact) mass is 403 g/mol. The fourth-order valence-corrected chi connectivity index (χ4v) is 3.81. The predicted octanol–water partition coefficient (Wildman–Crippen LogP) is 1.93. The van der Waals surface area contributed by atoms with Crippen molar-refractivity contribution in [2.75, 3.05) is 5.32 Å². The number of thioether (sulfide) groups is 1. The van der Waals surface area contributed by atoms with E-state index in [4.69, 9.17) is 5.14 Å². The van der Waals surface area contributed by atoms with E-state index in [1.165, 1.54) is 36.0 Å². The summed E-state index contributed by atoms with van der Waals surface area (Å²) in [6.07, 6.45) is 1.56. The van der Waals surface area contributed by atoms with E-state index in [0.717, 1.165) is 5.56 Å². The molecule has 3 N–H and O–H groups in total. The van der Waals surface area contributed by atoms with Crippen LogP contribution in [0.5, 0.6) is 0 Å². The molecule has 8 nitrogen and oxygen atoms in total. The van der Waals surface area contributed by atoms with Crippen molar-refractivity contribution in [2.24, 2.45) is 12.2 Å². The third kappa shape index (κ3) is 4.73. The first-order valence-electron chi connectivity index (χ1n) is 7.84. The molecule has 140 valence electrons. The highest BCUT2D eigenvalue weighted by Crippen LogP contribution is 2.34. The van der Waals surface area contributed by atoms with E-state index in [-0.39, 0.29) is 10.8 Å². The highest BCUT2D eigenvalue weighted by molar-refractivity contribution is 8.00. The van der Waals surface area contributed by atoms with Gasteiger partial charge in [-0.05, 0) is 29.8 Å². The molecule has 1 aromatic heterocycles. The van der Waals surface area contributed by atoms with Gasteiger partial charge in [-0.1, -0.05) is 42.1 Å². The van der Waals surface area contributed by atoms with E-state index < -0.39 is 15.3 Å². The third-order valence-corrected chi connectivity index (χ3v) is 5.92. The zero-order valence-corrected chi connectivity index (χ0v) is 15.9. The number of sulfonamides is 1. The zero-order chi connectivity index (χ0) is 19.4. The van der Waals surface area contributed by atoms with Crippen LogP contribution in [-0.2, 0) is 21.9 Å². The lowest BCUT2D eigenvalue weighted by atomic mass is 10.1. The summed E-state index contributed by atoms with van der Waals surface area (Å²) >= 11 is 1.27. The number of hydrogen-bond acceptors (Lipinski definition) is 6. The number of aryl methyl sites for hydroxylation is 1. The van der Waals surface area contributed by atoms with Crippen LogP contribution in [0.1, 0.15) is 10.8 Å². The second-order valence-corrected chi connectivity index (χ2v) is 8.33. The molecule has 1 atom stereocenters. The molecule has 0 saturated carbocycles. The molecule has 0 spiro atoms. The van der Waals surface area contributed by atoms with Crippen LogP contribution in [0.4, 0.5) is 5.69 Å². The molecule has 3 rings (SSSR count). The quantitative estimate of drug-likeness (QED) is 0.607. The van der Waals surface area contributed by atoms with Crippen molar-refractivity contribution >= 4 is 33.4 Å². The molecule has 2 aromatic carbocycles. The van der Waals surface area contributed by atoms with Gasteiger partial charge in [0, 0.05) is 12.7 Å². The molecule has 3 aromatic rings. The van der Waals surface area contributed by atoms with Crippen molar-refractivity contribution in [3.63, 3.8) is 0 Å². The number of hydrogen-bond donors (Lipinski definition) is 2. The number of rotatable bonds is 6. The van der Waals surface area contributed by atoms with E-state index in [0.29, 0.717) is 10.8 Å². The summed E-state index contributed by atoms with van der Waals surface area (Å²) in [5.74, 6) is -0.266. The summed E-state index contributed by atoms with van der Waals surface area (Å²) in [6, 6.07) is 15.0. The normalized spacial score (nSPS) is 12.5. The van der Waals surface area contributed by atoms with Crippen molar-refractivity contribution in [3.8, 4) is 0 Å². The van der Waals surface area contributed by atoms with Crippen LogP contribution in [-0.4, -0.2) is 29.1 Å². The maximum atomic E-state index is 12.9. The average Bonchev–Trinajstić information content (AvgIpc) is 3.04. The summed E-state index contributed by atoms with van der Waals surface area (Å²) < 4.78 is 24.4. The number of benzene rings is 2. The van der Waals surface area contributed by atoms with Gasteiger partial charge in [-0.25, -0.2) is 13.6 Å². The van der Waals surface area contributed by atoms with Gasteiger partial charge in [0.2, 0.25) is 15.9 Å². The number of aromatic nitrogens is 3. The molecular formula is C17H17N5O3S2. The van der Waals surface area contributed by atoms with Gasteiger partial charge in [0.05, 0.1) is 4.90 Å². The molecule has 1 heterocycles. The molecule has 0 saturated heterocycles. The van der Waals surface area contributed by atoms with Gasteiger partial charge >= 0.3 is 0 Å². The van der Waals surface area contributed by atoms with E-state index in [9.17, 15) is 13.2 Å². The van der Waals surface area contributed by atoms with Crippen LogP contribution < -0.4 is 10.5 Å². The molecule has 0 aliphatic carbocycles. The van der Waals surface area contributed by atoms with Crippen LogP contribution in [0, 0.1) is 0 Å². The van der Waals surface area contributed by atoms with Crippen molar-refractivity contribution in [2.45, 2.75) is 15.3 Å². The Kier molecular flexibility index (Phi) is 5.59. The molecule has 1 amide bonds. The Morgan fingerprint density at radius 3 is 2.37 bits per heavy atom. The van der Waals surface area contributed by atoms with E-state index in [1.54, 1.807) is 17.9 Å². The van der Waals surface area contributed by atoms with E-state index in [2.05, 4.69) is 15.5 Å².